The quantitative estimate of drug-likeness (QED) is 0.423. The Morgan fingerprint density at radius 3 is 2.88 bits per heavy atom. The molecule has 0 aromatic rings. The highest BCUT2D eigenvalue weighted by atomic mass is 35.5. The lowest BCUT2D eigenvalue weighted by Gasteiger charge is -1.89. The maximum Gasteiger partial charge on any atom is 0.0845 e. The van der Waals surface area contributed by atoms with Crippen LogP contribution in [0.15, 0.2) is 12.3 Å². The molecule has 0 N–H and O–H groups in total. The van der Waals surface area contributed by atoms with E-state index in [-0.39, 0.29) is 0 Å². The number of halogens is 1. The third kappa shape index (κ3) is 5.83. The molecule has 1 nitrogen and oxygen atoms in total. The van der Waals surface area contributed by atoms with Crippen molar-refractivity contribution in [1.82, 2.24) is 0 Å². The molecule has 0 amide bonds. The van der Waals surface area contributed by atoms with Crippen LogP contribution >= 0.6 is 11.6 Å². The molecule has 0 saturated carbocycles. The second kappa shape index (κ2) is 6.83. The molecule has 0 saturated heterocycles. The van der Waals surface area contributed by atoms with E-state index in [0.29, 0.717) is 5.88 Å². The molecule has 0 aromatic carbocycles. The Bertz CT molecular complexity index is 53.5. The number of allylic oxidation sites excluding steroid dienone is 1. The highest BCUT2D eigenvalue weighted by molar-refractivity contribution is 6.17. The van der Waals surface area contributed by atoms with E-state index >= 15 is 0 Å². The second-order valence-electron chi connectivity index (χ2n) is 1.30. The maximum atomic E-state index is 5.37. The molecule has 0 aliphatic rings. The highest BCUT2D eigenvalue weighted by Gasteiger charge is 1.72. The lowest BCUT2D eigenvalue weighted by molar-refractivity contribution is 0.268. The number of hydrogen-bond donors (Lipinski definition) is 0. The van der Waals surface area contributed by atoms with Gasteiger partial charge < -0.3 is 4.74 Å². The van der Waals surface area contributed by atoms with Gasteiger partial charge in [-0.25, -0.2) is 0 Å². The van der Waals surface area contributed by atoms with Crippen LogP contribution in [0.1, 0.15) is 13.3 Å². The second-order valence-corrected chi connectivity index (χ2v) is 1.68. The summed E-state index contributed by atoms with van der Waals surface area (Å²) >= 11 is 5.37. The van der Waals surface area contributed by atoms with Crippen LogP contribution < -0.4 is 0 Å². The van der Waals surface area contributed by atoms with Crippen molar-refractivity contribution in [2.75, 3.05) is 12.5 Å². The Labute approximate surface area is 55.3 Å². The number of ether oxygens (including phenoxy) is 1. The number of hydrogen-bond acceptors (Lipinski definition) is 1. The van der Waals surface area contributed by atoms with Gasteiger partial charge in [0, 0.05) is 5.88 Å². The van der Waals surface area contributed by atoms with Gasteiger partial charge in [0.2, 0.25) is 0 Å². The Morgan fingerprint density at radius 2 is 2.38 bits per heavy atom. The number of alkyl halides is 1. The first-order valence-electron chi connectivity index (χ1n) is 2.74. The summed E-state index contributed by atoms with van der Waals surface area (Å²) in [7, 11) is 0. The molecule has 0 bridgehead atoms. The zero-order valence-corrected chi connectivity index (χ0v) is 5.82. The van der Waals surface area contributed by atoms with Crippen molar-refractivity contribution in [3.63, 3.8) is 0 Å². The van der Waals surface area contributed by atoms with Gasteiger partial charge in [0.1, 0.15) is 0 Å². The van der Waals surface area contributed by atoms with Gasteiger partial charge in [-0.1, -0.05) is 0 Å². The summed E-state index contributed by atoms with van der Waals surface area (Å²) in [4.78, 5) is 0. The predicted octanol–water partition coefficient (Wildman–Crippen LogP) is 2.17. The first-order chi connectivity index (χ1) is 3.91. The van der Waals surface area contributed by atoms with Crippen LogP contribution in [0.4, 0.5) is 0 Å². The molecule has 48 valence electrons. The summed E-state index contributed by atoms with van der Waals surface area (Å²) in [5.41, 5.74) is 0. The fourth-order valence-corrected chi connectivity index (χ4v) is 0.421. The third-order valence-electron chi connectivity index (χ3n) is 0.635. The van der Waals surface area contributed by atoms with E-state index in [4.69, 9.17) is 16.3 Å². The van der Waals surface area contributed by atoms with Crippen LogP contribution in [0.25, 0.3) is 0 Å². The van der Waals surface area contributed by atoms with Crippen LogP contribution in [0.3, 0.4) is 0 Å². The normalized spacial score (nSPS) is 10.2. The first-order valence-corrected chi connectivity index (χ1v) is 3.27. The maximum absolute atomic E-state index is 5.37. The van der Waals surface area contributed by atoms with Crippen LogP contribution in [0.2, 0.25) is 0 Å². The Morgan fingerprint density at radius 1 is 1.62 bits per heavy atom. The van der Waals surface area contributed by atoms with Gasteiger partial charge in [0.15, 0.2) is 0 Å². The van der Waals surface area contributed by atoms with E-state index in [1.165, 1.54) is 0 Å². The van der Waals surface area contributed by atoms with E-state index in [1.54, 1.807) is 6.26 Å². The van der Waals surface area contributed by atoms with Gasteiger partial charge in [-0.2, -0.15) is 0 Å². The molecule has 0 spiro atoms. The smallest absolute Gasteiger partial charge is 0.0845 e. The van der Waals surface area contributed by atoms with Crippen molar-refractivity contribution in [3.05, 3.63) is 12.3 Å². The topological polar surface area (TPSA) is 9.23 Å². The summed E-state index contributed by atoms with van der Waals surface area (Å²) < 4.78 is 4.90. The van der Waals surface area contributed by atoms with E-state index in [0.717, 1.165) is 13.0 Å². The molecular formula is C6H11ClO. The van der Waals surface area contributed by atoms with Crippen molar-refractivity contribution in [2.45, 2.75) is 13.3 Å². The van der Waals surface area contributed by atoms with Gasteiger partial charge in [0.05, 0.1) is 12.9 Å². The Balaban J connectivity index is 2.83. The molecule has 0 heterocycles. The minimum atomic E-state index is 0.670. The van der Waals surface area contributed by atoms with Gasteiger partial charge in [-0.15, -0.1) is 11.6 Å². The third-order valence-corrected chi connectivity index (χ3v) is 0.853. The lowest BCUT2D eigenvalue weighted by Crippen LogP contribution is -1.76. The molecule has 0 aliphatic carbocycles. The van der Waals surface area contributed by atoms with Gasteiger partial charge >= 0.3 is 0 Å². The van der Waals surface area contributed by atoms with Crippen LogP contribution in [-0.2, 0) is 4.74 Å². The lowest BCUT2D eigenvalue weighted by atomic mass is 10.5. The standard InChI is InChI=1S/C6H11ClO/c1-2-8-6-4-3-5-7/h4,6H,2-3,5H2,1H3. The van der Waals surface area contributed by atoms with E-state index < -0.39 is 0 Å². The van der Waals surface area contributed by atoms with Crippen molar-refractivity contribution in [1.29, 1.82) is 0 Å². The molecule has 8 heavy (non-hydrogen) atoms. The summed E-state index contributed by atoms with van der Waals surface area (Å²) in [5.74, 6) is 0.670. The van der Waals surface area contributed by atoms with Gasteiger partial charge in [0.25, 0.3) is 0 Å². The molecule has 0 atom stereocenters. The van der Waals surface area contributed by atoms with Crippen molar-refractivity contribution in [2.24, 2.45) is 0 Å². The zero-order valence-electron chi connectivity index (χ0n) is 5.06. The molecule has 0 aliphatic heterocycles. The summed E-state index contributed by atoms with van der Waals surface area (Å²) in [6.07, 6.45) is 4.49. The average Bonchev–Trinajstić information content (AvgIpc) is 1.81. The number of rotatable bonds is 4. The van der Waals surface area contributed by atoms with Crippen molar-refractivity contribution >= 4 is 11.6 Å². The Hall–Kier alpha value is -0.170. The highest BCUT2D eigenvalue weighted by Crippen LogP contribution is 1.86. The largest absolute Gasteiger partial charge is 0.502 e. The van der Waals surface area contributed by atoms with Crippen LogP contribution in [0, 0.1) is 0 Å². The van der Waals surface area contributed by atoms with E-state index in [9.17, 15) is 0 Å². The molecule has 0 unspecified atom stereocenters. The fraction of sp³-hybridized carbons (Fsp3) is 0.667. The molecule has 0 fully saturated rings. The molecule has 2 heteroatoms. The van der Waals surface area contributed by atoms with Crippen molar-refractivity contribution in [3.8, 4) is 0 Å². The fourth-order valence-electron chi connectivity index (χ4n) is 0.295. The minimum Gasteiger partial charge on any atom is -0.502 e. The average molecular weight is 135 g/mol. The van der Waals surface area contributed by atoms with Crippen LogP contribution in [-0.4, -0.2) is 12.5 Å². The van der Waals surface area contributed by atoms with Gasteiger partial charge in [-0.3, -0.25) is 0 Å². The van der Waals surface area contributed by atoms with Crippen molar-refractivity contribution < 1.29 is 4.74 Å². The summed E-state index contributed by atoms with van der Waals surface area (Å²) in [6, 6.07) is 0. The zero-order chi connectivity index (χ0) is 6.24. The summed E-state index contributed by atoms with van der Waals surface area (Å²) in [5, 5.41) is 0. The van der Waals surface area contributed by atoms with Gasteiger partial charge in [-0.05, 0) is 19.4 Å². The van der Waals surface area contributed by atoms with Crippen LogP contribution in [0.5, 0.6) is 0 Å². The molecule has 0 radical (unpaired) electrons. The monoisotopic (exact) mass is 134 g/mol. The SMILES string of the molecule is CCOC=CCCCl. The molecule has 0 aromatic heterocycles. The van der Waals surface area contributed by atoms with E-state index in [1.807, 2.05) is 13.0 Å². The minimum absolute atomic E-state index is 0.670. The predicted molar refractivity (Wildman–Crippen MR) is 36.1 cm³/mol. The van der Waals surface area contributed by atoms with E-state index in [2.05, 4.69) is 0 Å². The molecular weight excluding hydrogens is 124 g/mol. The molecule has 0 rings (SSSR count). The summed E-state index contributed by atoms with van der Waals surface area (Å²) in [6.45, 7) is 2.68. The first kappa shape index (κ1) is 7.83. The Kier molecular flexibility index (Phi) is 6.68.